The van der Waals surface area contributed by atoms with E-state index in [0.29, 0.717) is 32.0 Å². The molecule has 1 aliphatic heterocycles. The van der Waals surface area contributed by atoms with Gasteiger partial charge in [-0.2, -0.15) is 0 Å². The van der Waals surface area contributed by atoms with Gasteiger partial charge in [0.15, 0.2) is 0 Å². The molecule has 1 aliphatic rings. The van der Waals surface area contributed by atoms with E-state index in [1.165, 1.54) is 0 Å². The van der Waals surface area contributed by atoms with Gasteiger partial charge in [-0.1, -0.05) is 0 Å². The third-order valence-corrected chi connectivity index (χ3v) is 2.19. The molecule has 0 aliphatic carbocycles. The normalized spacial score (nSPS) is 23.7. The Morgan fingerprint density at radius 3 is 3.00 bits per heavy atom. The van der Waals surface area contributed by atoms with Gasteiger partial charge in [-0.25, -0.2) is 0 Å². The molecule has 1 heterocycles. The second-order valence-corrected chi connectivity index (χ2v) is 3.14. The highest BCUT2D eigenvalue weighted by molar-refractivity contribution is 5.78. The molecule has 0 bridgehead atoms. The average Bonchev–Trinajstić information content (AvgIpc) is 2.43. The molecule has 0 aromatic rings. The van der Waals surface area contributed by atoms with E-state index in [-0.39, 0.29) is 5.91 Å². The predicted molar refractivity (Wildman–Crippen MR) is 45.6 cm³/mol. The monoisotopic (exact) mass is 172 g/mol. The minimum Gasteiger partial charge on any atom is -0.383 e. The second-order valence-electron chi connectivity index (χ2n) is 3.14. The summed E-state index contributed by atoms with van der Waals surface area (Å²) in [6.45, 7) is 2.72. The number of rotatable bonds is 4. The van der Waals surface area contributed by atoms with E-state index in [9.17, 15) is 4.79 Å². The number of ether oxygens (including phenoxy) is 1. The van der Waals surface area contributed by atoms with Crippen molar-refractivity contribution in [3.63, 3.8) is 0 Å². The first-order valence-electron chi connectivity index (χ1n) is 4.24. The molecule has 70 valence electrons. The standard InChI is InChI=1S/C8H16N2O2/c1-12-3-2-10-6-7(5-9)4-8(10)11/h7H,2-6,9H2,1H3/t7-/m1/s1. The fraction of sp³-hybridized carbons (Fsp3) is 0.875. The maximum Gasteiger partial charge on any atom is 0.223 e. The lowest BCUT2D eigenvalue weighted by atomic mass is 10.1. The van der Waals surface area contributed by atoms with Gasteiger partial charge in [0.25, 0.3) is 0 Å². The number of nitrogens with zero attached hydrogens (tertiary/aromatic N) is 1. The number of hydrogen-bond donors (Lipinski definition) is 1. The van der Waals surface area contributed by atoms with E-state index < -0.39 is 0 Å². The number of likely N-dealkylation sites (tertiary alicyclic amines) is 1. The number of methoxy groups -OCH3 is 1. The fourth-order valence-corrected chi connectivity index (χ4v) is 1.43. The summed E-state index contributed by atoms with van der Waals surface area (Å²) in [7, 11) is 1.64. The molecule has 1 saturated heterocycles. The van der Waals surface area contributed by atoms with Crippen molar-refractivity contribution < 1.29 is 9.53 Å². The van der Waals surface area contributed by atoms with Gasteiger partial charge in [0.2, 0.25) is 5.91 Å². The van der Waals surface area contributed by atoms with Gasteiger partial charge in [0.1, 0.15) is 0 Å². The molecule has 0 aromatic heterocycles. The van der Waals surface area contributed by atoms with Crippen LogP contribution in [0, 0.1) is 5.92 Å². The third kappa shape index (κ3) is 2.19. The summed E-state index contributed by atoms with van der Waals surface area (Å²) in [6, 6.07) is 0. The van der Waals surface area contributed by atoms with Crippen molar-refractivity contribution >= 4 is 5.91 Å². The van der Waals surface area contributed by atoms with Crippen molar-refractivity contribution in [3.8, 4) is 0 Å². The van der Waals surface area contributed by atoms with Crippen LogP contribution in [0.5, 0.6) is 0 Å². The van der Waals surface area contributed by atoms with Crippen LogP contribution in [0.25, 0.3) is 0 Å². The summed E-state index contributed by atoms with van der Waals surface area (Å²) >= 11 is 0. The first-order valence-corrected chi connectivity index (χ1v) is 4.24. The van der Waals surface area contributed by atoms with E-state index in [2.05, 4.69) is 0 Å². The van der Waals surface area contributed by atoms with Crippen molar-refractivity contribution in [3.05, 3.63) is 0 Å². The van der Waals surface area contributed by atoms with Crippen LogP contribution in [-0.4, -0.2) is 44.2 Å². The lowest BCUT2D eigenvalue weighted by molar-refractivity contribution is -0.128. The Labute approximate surface area is 72.7 Å². The summed E-state index contributed by atoms with van der Waals surface area (Å²) in [4.78, 5) is 13.1. The lowest BCUT2D eigenvalue weighted by Crippen LogP contribution is -2.29. The predicted octanol–water partition coefficient (Wildman–Crippen LogP) is -0.560. The van der Waals surface area contributed by atoms with E-state index in [0.717, 1.165) is 6.54 Å². The number of carbonyl (C=O) groups is 1. The van der Waals surface area contributed by atoms with Crippen LogP contribution in [0.4, 0.5) is 0 Å². The van der Waals surface area contributed by atoms with Gasteiger partial charge in [-0.15, -0.1) is 0 Å². The van der Waals surface area contributed by atoms with Gasteiger partial charge >= 0.3 is 0 Å². The number of carbonyl (C=O) groups excluding carboxylic acids is 1. The van der Waals surface area contributed by atoms with Crippen LogP contribution < -0.4 is 5.73 Å². The minimum atomic E-state index is 0.211. The smallest absolute Gasteiger partial charge is 0.223 e. The van der Waals surface area contributed by atoms with Crippen LogP contribution in [0.3, 0.4) is 0 Å². The van der Waals surface area contributed by atoms with Crippen LogP contribution >= 0.6 is 0 Å². The van der Waals surface area contributed by atoms with Gasteiger partial charge in [0, 0.05) is 26.6 Å². The maximum atomic E-state index is 11.3. The van der Waals surface area contributed by atoms with Crippen LogP contribution in [0.1, 0.15) is 6.42 Å². The van der Waals surface area contributed by atoms with Crippen molar-refractivity contribution in [2.24, 2.45) is 11.7 Å². The highest BCUT2D eigenvalue weighted by Crippen LogP contribution is 2.15. The highest BCUT2D eigenvalue weighted by Gasteiger charge is 2.27. The molecule has 12 heavy (non-hydrogen) atoms. The molecule has 4 nitrogen and oxygen atoms in total. The molecule has 1 fully saturated rings. The summed E-state index contributed by atoms with van der Waals surface area (Å²) in [5.41, 5.74) is 5.48. The Morgan fingerprint density at radius 1 is 1.75 bits per heavy atom. The van der Waals surface area contributed by atoms with Gasteiger partial charge < -0.3 is 15.4 Å². The molecule has 1 amide bonds. The molecule has 0 unspecified atom stereocenters. The zero-order valence-corrected chi connectivity index (χ0v) is 7.45. The Bertz CT molecular complexity index is 161. The fourth-order valence-electron chi connectivity index (χ4n) is 1.43. The summed E-state index contributed by atoms with van der Waals surface area (Å²) < 4.78 is 4.90. The van der Waals surface area contributed by atoms with Crippen molar-refractivity contribution in [1.82, 2.24) is 4.90 Å². The highest BCUT2D eigenvalue weighted by atomic mass is 16.5. The van der Waals surface area contributed by atoms with Crippen LogP contribution in [0.15, 0.2) is 0 Å². The summed E-state index contributed by atoms with van der Waals surface area (Å²) in [5.74, 6) is 0.567. The van der Waals surface area contributed by atoms with Crippen molar-refractivity contribution in [1.29, 1.82) is 0 Å². The quantitative estimate of drug-likeness (QED) is 0.618. The first kappa shape index (κ1) is 9.48. The molecule has 4 heteroatoms. The Balaban J connectivity index is 2.31. The molecule has 1 atom stereocenters. The molecular formula is C8H16N2O2. The van der Waals surface area contributed by atoms with Crippen molar-refractivity contribution in [2.75, 3.05) is 33.4 Å². The SMILES string of the molecule is COCCN1C[C@@H](CN)CC1=O. The first-order chi connectivity index (χ1) is 5.77. The van der Waals surface area contributed by atoms with Gasteiger partial charge in [0.05, 0.1) is 6.61 Å². The van der Waals surface area contributed by atoms with Crippen LogP contribution in [0.2, 0.25) is 0 Å². The number of hydrogen-bond acceptors (Lipinski definition) is 3. The second kappa shape index (κ2) is 4.42. The molecule has 1 rings (SSSR count). The Morgan fingerprint density at radius 2 is 2.50 bits per heavy atom. The zero-order valence-electron chi connectivity index (χ0n) is 7.45. The van der Waals surface area contributed by atoms with Gasteiger partial charge in [-0.3, -0.25) is 4.79 Å². The maximum absolute atomic E-state index is 11.3. The van der Waals surface area contributed by atoms with E-state index in [1.54, 1.807) is 7.11 Å². The van der Waals surface area contributed by atoms with Gasteiger partial charge in [-0.05, 0) is 12.5 Å². The number of amides is 1. The van der Waals surface area contributed by atoms with Crippen molar-refractivity contribution in [2.45, 2.75) is 6.42 Å². The minimum absolute atomic E-state index is 0.211. The molecule has 2 N–H and O–H groups in total. The lowest BCUT2D eigenvalue weighted by Gasteiger charge is -2.15. The summed E-state index contributed by atoms with van der Waals surface area (Å²) in [6.07, 6.45) is 0.611. The molecule has 0 saturated carbocycles. The summed E-state index contributed by atoms with van der Waals surface area (Å²) in [5, 5.41) is 0. The average molecular weight is 172 g/mol. The molecular weight excluding hydrogens is 156 g/mol. The largest absolute Gasteiger partial charge is 0.383 e. The third-order valence-electron chi connectivity index (χ3n) is 2.19. The van der Waals surface area contributed by atoms with E-state index in [1.807, 2.05) is 4.90 Å². The molecule has 0 radical (unpaired) electrons. The van der Waals surface area contributed by atoms with Crippen LogP contribution in [-0.2, 0) is 9.53 Å². The topological polar surface area (TPSA) is 55.6 Å². The Hall–Kier alpha value is -0.610. The number of nitrogens with two attached hydrogens (primary N) is 1. The molecule has 0 spiro atoms. The zero-order chi connectivity index (χ0) is 8.97. The Kier molecular flexibility index (Phi) is 3.49. The van der Waals surface area contributed by atoms with E-state index >= 15 is 0 Å². The van der Waals surface area contributed by atoms with E-state index in [4.69, 9.17) is 10.5 Å². The molecule has 0 aromatic carbocycles.